The van der Waals surface area contributed by atoms with Gasteiger partial charge in [-0.25, -0.2) is 4.98 Å². The molecule has 0 aliphatic carbocycles. The molecule has 1 N–H and O–H groups in total. The van der Waals surface area contributed by atoms with Crippen molar-refractivity contribution in [1.82, 2.24) is 9.97 Å². The Labute approximate surface area is 162 Å². The molecule has 0 aliphatic heterocycles. The van der Waals surface area contributed by atoms with Gasteiger partial charge in [-0.05, 0) is 68.3 Å². The monoisotopic (exact) mass is 380 g/mol. The lowest BCUT2D eigenvalue weighted by atomic mass is 10.1. The molecule has 1 heterocycles. The van der Waals surface area contributed by atoms with Gasteiger partial charge in [-0.15, -0.1) is 0 Å². The first-order chi connectivity index (χ1) is 13.5. The number of nitrogens with one attached hydrogen (secondary N) is 1. The summed E-state index contributed by atoms with van der Waals surface area (Å²) in [4.78, 5) is 19.1. The predicted molar refractivity (Wildman–Crippen MR) is 106 cm³/mol. The molecular formula is C20H20N4O4. The first-order valence-electron chi connectivity index (χ1n) is 8.71. The van der Waals surface area contributed by atoms with Crippen LogP contribution in [-0.4, -0.2) is 21.5 Å². The van der Waals surface area contributed by atoms with Gasteiger partial charge in [0.1, 0.15) is 17.8 Å². The third-order valence-corrected chi connectivity index (χ3v) is 3.81. The largest absolute Gasteiger partial charge is 0.494 e. The predicted octanol–water partition coefficient (Wildman–Crippen LogP) is 4.94. The Kier molecular flexibility index (Phi) is 5.69. The SMILES string of the molecule is CCOc1ccc(Nc2ncnc(Oc3cc(C)cc(C)c3)c2[N+](=O)[O-])cc1. The van der Waals surface area contributed by atoms with Crippen LogP contribution in [0.15, 0.2) is 48.8 Å². The molecule has 0 bridgehead atoms. The second-order valence-electron chi connectivity index (χ2n) is 6.14. The Morgan fingerprint density at radius 2 is 1.71 bits per heavy atom. The maximum atomic E-state index is 11.7. The first kappa shape index (κ1) is 19.1. The van der Waals surface area contributed by atoms with Gasteiger partial charge >= 0.3 is 11.6 Å². The standard InChI is InChI=1S/C20H20N4O4/c1-4-27-16-7-5-15(6-8-16)23-19-18(24(25)26)20(22-12-21-19)28-17-10-13(2)9-14(3)11-17/h5-12H,4H2,1-3H3,(H,21,22,23). The number of aryl methyl sites for hydroxylation is 2. The molecule has 3 aromatic rings. The van der Waals surface area contributed by atoms with Crippen LogP contribution in [0, 0.1) is 24.0 Å². The molecule has 3 rings (SSSR count). The summed E-state index contributed by atoms with van der Waals surface area (Å²) in [6.07, 6.45) is 1.22. The van der Waals surface area contributed by atoms with Gasteiger partial charge in [0.15, 0.2) is 0 Å². The molecule has 0 atom stereocenters. The van der Waals surface area contributed by atoms with Crippen LogP contribution < -0.4 is 14.8 Å². The minimum Gasteiger partial charge on any atom is -0.494 e. The Bertz CT molecular complexity index is 970. The lowest BCUT2D eigenvalue weighted by Gasteiger charge is -2.11. The number of anilines is 2. The number of ether oxygens (including phenoxy) is 2. The van der Waals surface area contributed by atoms with Crippen LogP contribution in [0.3, 0.4) is 0 Å². The molecule has 0 saturated carbocycles. The van der Waals surface area contributed by atoms with Crippen molar-refractivity contribution in [3.8, 4) is 17.4 Å². The van der Waals surface area contributed by atoms with E-state index < -0.39 is 4.92 Å². The highest BCUT2D eigenvalue weighted by atomic mass is 16.6. The summed E-state index contributed by atoms with van der Waals surface area (Å²) in [6.45, 7) is 6.30. The molecule has 28 heavy (non-hydrogen) atoms. The van der Waals surface area contributed by atoms with Crippen molar-refractivity contribution in [2.45, 2.75) is 20.8 Å². The lowest BCUT2D eigenvalue weighted by molar-refractivity contribution is -0.385. The number of hydrogen-bond acceptors (Lipinski definition) is 7. The summed E-state index contributed by atoms with van der Waals surface area (Å²) >= 11 is 0. The molecule has 0 saturated heterocycles. The third-order valence-electron chi connectivity index (χ3n) is 3.81. The Morgan fingerprint density at radius 3 is 2.32 bits per heavy atom. The molecule has 0 radical (unpaired) electrons. The molecule has 8 nitrogen and oxygen atoms in total. The van der Waals surface area contributed by atoms with Crippen LogP contribution >= 0.6 is 0 Å². The number of benzene rings is 2. The van der Waals surface area contributed by atoms with E-state index in [1.165, 1.54) is 6.33 Å². The molecule has 8 heteroatoms. The Balaban J connectivity index is 1.91. The number of hydrogen-bond donors (Lipinski definition) is 1. The van der Waals surface area contributed by atoms with E-state index in [9.17, 15) is 10.1 Å². The van der Waals surface area contributed by atoms with Crippen molar-refractivity contribution < 1.29 is 14.4 Å². The average Bonchev–Trinajstić information content (AvgIpc) is 2.62. The number of nitrogens with zero attached hydrogens (tertiary/aromatic N) is 3. The summed E-state index contributed by atoms with van der Waals surface area (Å²) in [7, 11) is 0. The van der Waals surface area contributed by atoms with Crippen LogP contribution in [0.4, 0.5) is 17.2 Å². The van der Waals surface area contributed by atoms with Gasteiger partial charge < -0.3 is 14.8 Å². The lowest BCUT2D eigenvalue weighted by Crippen LogP contribution is -2.03. The zero-order valence-electron chi connectivity index (χ0n) is 15.8. The van der Waals surface area contributed by atoms with Crippen molar-refractivity contribution in [3.63, 3.8) is 0 Å². The van der Waals surface area contributed by atoms with Crippen LogP contribution in [0.5, 0.6) is 17.4 Å². The second kappa shape index (κ2) is 8.34. The van der Waals surface area contributed by atoms with Crippen molar-refractivity contribution in [2.24, 2.45) is 0 Å². The van der Waals surface area contributed by atoms with Crippen LogP contribution in [0.2, 0.25) is 0 Å². The van der Waals surface area contributed by atoms with Gasteiger partial charge in [-0.1, -0.05) is 6.07 Å². The van der Waals surface area contributed by atoms with Crippen molar-refractivity contribution in [1.29, 1.82) is 0 Å². The normalized spacial score (nSPS) is 10.4. The zero-order valence-corrected chi connectivity index (χ0v) is 15.8. The van der Waals surface area contributed by atoms with E-state index in [1.807, 2.05) is 26.8 Å². The highest BCUT2D eigenvalue weighted by Crippen LogP contribution is 2.36. The summed E-state index contributed by atoms with van der Waals surface area (Å²) in [5.41, 5.74) is 2.26. The average molecular weight is 380 g/mol. The van der Waals surface area contributed by atoms with E-state index in [4.69, 9.17) is 9.47 Å². The minimum absolute atomic E-state index is 0.0449. The molecule has 0 unspecified atom stereocenters. The van der Waals surface area contributed by atoms with Crippen LogP contribution in [0.25, 0.3) is 0 Å². The number of nitro groups is 1. The minimum atomic E-state index is -0.561. The van der Waals surface area contributed by atoms with E-state index in [0.29, 0.717) is 23.8 Å². The summed E-state index contributed by atoms with van der Waals surface area (Å²) in [5.74, 6) is 1.11. The second-order valence-corrected chi connectivity index (χ2v) is 6.14. The first-order valence-corrected chi connectivity index (χ1v) is 8.71. The summed E-state index contributed by atoms with van der Waals surface area (Å²) in [6, 6.07) is 12.6. The summed E-state index contributed by atoms with van der Waals surface area (Å²) < 4.78 is 11.1. The molecule has 0 fully saturated rings. The topological polar surface area (TPSA) is 99.4 Å². The van der Waals surface area contributed by atoms with Gasteiger partial charge in [-0.2, -0.15) is 4.98 Å². The smallest absolute Gasteiger partial charge is 0.373 e. The van der Waals surface area contributed by atoms with Crippen LogP contribution in [0.1, 0.15) is 18.1 Å². The Hall–Kier alpha value is -3.68. The number of rotatable bonds is 7. The molecule has 0 aliphatic rings. The van der Waals surface area contributed by atoms with Gasteiger partial charge in [0.25, 0.3) is 0 Å². The van der Waals surface area contributed by atoms with Crippen LogP contribution in [-0.2, 0) is 0 Å². The molecule has 2 aromatic carbocycles. The Morgan fingerprint density at radius 1 is 1.04 bits per heavy atom. The van der Waals surface area contributed by atoms with E-state index >= 15 is 0 Å². The van der Waals surface area contributed by atoms with E-state index in [2.05, 4.69) is 15.3 Å². The van der Waals surface area contributed by atoms with E-state index in [1.54, 1.807) is 36.4 Å². The molecule has 0 spiro atoms. The zero-order chi connectivity index (χ0) is 20.1. The highest BCUT2D eigenvalue weighted by Gasteiger charge is 2.25. The number of aromatic nitrogens is 2. The maximum absolute atomic E-state index is 11.7. The quantitative estimate of drug-likeness (QED) is 0.458. The molecule has 1 aromatic heterocycles. The van der Waals surface area contributed by atoms with E-state index in [0.717, 1.165) is 11.1 Å². The van der Waals surface area contributed by atoms with Gasteiger partial charge in [0.2, 0.25) is 5.82 Å². The van der Waals surface area contributed by atoms with Gasteiger partial charge in [0, 0.05) is 5.69 Å². The molecule has 0 amide bonds. The van der Waals surface area contributed by atoms with E-state index in [-0.39, 0.29) is 17.4 Å². The van der Waals surface area contributed by atoms with Crippen molar-refractivity contribution >= 4 is 17.2 Å². The fraction of sp³-hybridized carbons (Fsp3) is 0.200. The van der Waals surface area contributed by atoms with Crippen molar-refractivity contribution in [2.75, 3.05) is 11.9 Å². The fourth-order valence-electron chi connectivity index (χ4n) is 2.73. The fourth-order valence-corrected chi connectivity index (χ4v) is 2.73. The van der Waals surface area contributed by atoms with Gasteiger partial charge in [-0.3, -0.25) is 10.1 Å². The maximum Gasteiger partial charge on any atom is 0.373 e. The summed E-state index contributed by atoms with van der Waals surface area (Å²) in [5, 5.41) is 14.6. The van der Waals surface area contributed by atoms with Crippen molar-refractivity contribution in [3.05, 3.63) is 70.0 Å². The molecule has 144 valence electrons. The molecular weight excluding hydrogens is 360 g/mol. The van der Waals surface area contributed by atoms with Gasteiger partial charge in [0.05, 0.1) is 11.5 Å². The third kappa shape index (κ3) is 4.53. The highest BCUT2D eigenvalue weighted by molar-refractivity contribution is 5.69.